The number of nitrogens with two attached hydrogens (primary N) is 1. The van der Waals surface area contributed by atoms with Crippen LogP contribution < -0.4 is 15.5 Å². The number of anilines is 2. The molecule has 6 heteroatoms. The molecule has 2 aliphatic rings. The molecule has 3 heterocycles. The van der Waals surface area contributed by atoms with Crippen molar-refractivity contribution in [1.29, 1.82) is 0 Å². The summed E-state index contributed by atoms with van der Waals surface area (Å²) >= 11 is 0. The van der Waals surface area contributed by atoms with E-state index in [1.165, 1.54) is 5.56 Å². The third-order valence-corrected chi connectivity index (χ3v) is 5.77. The van der Waals surface area contributed by atoms with Crippen molar-refractivity contribution >= 4 is 23.3 Å². The molecular formula is C22H26N4O2. The van der Waals surface area contributed by atoms with Gasteiger partial charge in [-0.05, 0) is 55.4 Å². The molecule has 0 radical (unpaired) electrons. The highest BCUT2D eigenvalue weighted by molar-refractivity contribution is 6.07. The van der Waals surface area contributed by atoms with E-state index in [0.717, 1.165) is 50.3 Å². The first-order chi connectivity index (χ1) is 13.6. The number of aromatic nitrogens is 1. The summed E-state index contributed by atoms with van der Waals surface area (Å²) in [7, 11) is 0. The summed E-state index contributed by atoms with van der Waals surface area (Å²) in [5.74, 6) is 1.12. The van der Waals surface area contributed by atoms with Crippen LogP contribution >= 0.6 is 0 Å². The number of pyridine rings is 1. The number of para-hydroxylation sites is 1. The Hall–Kier alpha value is -2.89. The lowest BCUT2D eigenvalue weighted by atomic mass is 9.93. The molecule has 1 saturated heterocycles. The predicted octanol–water partition coefficient (Wildman–Crippen LogP) is 2.77. The Morgan fingerprint density at radius 2 is 2.00 bits per heavy atom. The lowest BCUT2D eigenvalue weighted by molar-refractivity contribution is -0.118. The smallest absolute Gasteiger partial charge is 0.259 e. The normalized spacial score (nSPS) is 18.8. The molecule has 1 atom stereocenters. The molecule has 2 amide bonds. The van der Waals surface area contributed by atoms with Crippen molar-refractivity contribution in [3.63, 3.8) is 0 Å². The van der Waals surface area contributed by atoms with Gasteiger partial charge in [-0.3, -0.25) is 9.59 Å². The van der Waals surface area contributed by atoms with Crippen LogP contribution in [0.3, 0.4) is 0 Å². The summed E-state index contributed by atoms with van der Waals surface area (Å²) in [5.41, 5.74) is 8.12. The number of hydrogen-bond donors (Lipinski definition) is 1. The van der Waals surface area contributed by atoms with Crippen molar-refractivity contribution in [3.05, 3.63) is 53.7 Å². The van der Waals surface area contributed by atoms with Crippen LogP contribution in [0.4, 0.5) is 11.5 Å². The topological polar surface area (TPSA) is 79.5 Å². The number of nitrogens with zero attached hydrogens (tertiary/aromatic N) is 3. The van der Waals surface area contributed by atoms with Gasteiger partial charge >= 0.3 is 0 Å². The molecule has 1 aromatic heterocycles. The van der Waals surface area contributed by atoms with Gasteiger partial charge in [0.1, 0.15) is 5.82 Å². The van der Waals surface area contributed by atoms with E-state index in [1.54, 1.807) is 6.20 Å². The zero-order valence-corrected chi connectivity index (χ0v) is 16.0. The maximum Gasteiger partial charge on any atom is 0.259 e. The van der Waals surface area contributed by atoms with Gasteiger partial charge in [0.15, 0.2) is 0 Å². The maximum absolute atomic E-state index is 12.9. The Labute approximate surface area is 165 Å². The molecule has 0 aliphatic carbocycles. The molecule has 0 bridgehead atoms. The Bertz CT molecular complexity index is 865. The number of carbonyl (C=O) groups excluding carboxylic acids is 2. The predicted molar refractivity (Wildman–Crippen MR) is 109 cm³/mol. The third kappa shape index (κ3) is 3.86. The summed E-state index contributed by atoms with van der Waals surface area (Å²) < 4.78 is 0. The van der Waals surface area contributed by atoms with Crippen LogP contribution in [0, 0.1) is 5.92 Å². The van der Waals surface area contributed by atoms with Crippen LogP contribution in [-0.2, 0) is 11.2 Å². The Morgan fingerprint density at radius 3 is 2.79 bits per heavy atom. The van der Waals surface area contributed by atoms with E-state index in [4.69, 9.17) is 5.73 Å². The van der Waals surface area contributed by atoms with Gasteiger partial charge in [-0.2, -0.15) is 0 Å². The fourth-order valence-corrected chi connectivity index (χ4v) is 4.26. The third-order valence-electron chi connectivity index (χ3n) is 5.77. The molecular weight excluding hydrogens is 352 g/mol. The molecule has 2 N–H and O–H groups in total. The summed E-state index contributed by atoms with van der Waals surface area (Å²) in [6.07, 6.45) is 6.05. The molecule has 4 rings (SSSR count). The van der Waals surface area contributed by atoms with Gasteiger partial charge in [0.25, 0.3) is 5.91 Å². The summed E-state index contributed by atoms with van der Waals surface area (Å²) in [5, 5.41) is 0. The first-order valence-electron chi connectivity index (χ1n) is 10.0. The van der Waals surface area contributed by atoms with E-state index in [2.05, 4.69) is 16.0 Å². The fourth-order valence-electron chi connectivity index (χ4n) is 4.26. The minimum Gasteiger partial charge on any atom is -0.370 e. The van der Waals surface area contributed by atoms with E-state index in [9.17, 15) is 9.59 Å². The highest BCUT2D eigenvalue weighted by Crippen LogP contribution is 2.29. The van der Waals surface area contributed by atoms with Crippen LogP contribution in [0.5, 0.6) is 0 Å². The highest BCUT2D eigenvalue weighted by atomic mass is 16.2. The molecule has 0 unspecified atom stereocenters. The molecule has 1 aromatic carbocycles. The monoisotopic (exact) mass is 378 g/mol. The quantitative estimate of drug-likeness (QED) is 0.868. The van der Waals surface area contributed by atoms with E-state index in [-0.39, 0.29) is 11.8 Å². The van der Waals surface area contributed by atoms with Crippen LogP contribution in [0.25, 0.3) is 0 Å². The second-order valence-electron chi connectivity index (χ2n) is 7.70. The number of carbonyl (C=O) groups is 2. The van der Waals surface area contributed by atoms with Gasteiger partial charge in [-0.1, -0.05) is 18.2 Å². The van der Waals surface area contributed by atoms with E-state index in [1.807, 2.05) is 35.2 Å². The van der Waals surface area contributed by atoms with Gasteiger partial charge in [0, 0.05) is 37.9 Å². The van der Waals surface area contributed by atoms with Gasteiger partial charge in [-0.25, -0.2) is 4.98 Å². The van der Waals surface area contributed by atoms with Crippen molar-refractivity contribution in [2.45, 2.75) is 32.1 Å². The minimum atomic E-state index is -0.235. The molecule has 146 valence electrons. The van der Waals surface area contributed by atoms with Crippen LogP contribution in [-0.4, -0.2) is 36.4 Å². The number of fused-ring (bicyclic) bond motifs is 1. The number of rotatable bonds is 5. The van der Waals surface area contributed by atoms with Crippen LogP contribution in [0.2, 0.25) is 0 Å². The molecule has 6 nitrogen and oxygen atoms in total. The number of primary amides is 1. The molecule has 1 fully saturated rings. The van der Waals surface area contributed by atoms with Crippen molar-refractivity contribution < 1.29 is 9.59 Å². The lowest BCUT2D eigenvalue weighted by Gasteiger charge is -2.33. The van der Waals surface area contributed by atoms with E-state index in [0.29, 0.717) is 24.4 Å². The average Bonchev–Trinajstić information content (AvgIpc) is 3.16. The molecule has 28 heavy (non-hydrogen) atoms. The van der Waals surface area contributed by atoms with Crippen LogP contribution in [0.15, 0.2) is 42.6 Å². The summed E-state index contributed by atoms with van der Waals surface area (Å²) in [6.45, 7) is 2.55. The van der Waals surface area contributed by atoms with Crippen molar-refractivity contribution in [2.24, 2.45) is 11.7 Å². The fraction of sp³-hybridized carbons (Fsp3) is 0.409. The maximum atomic E-state index is 12.9. The van der Waals surface area contributed by atoms with E-state index >= 15 is 0 Å². The minimum absolute atomic E-state index is 0.00183. The summed E-state index contributed by atoms with van der Waals surface area (Å²) in [4.78, 5) is 32.6. The van der Waals surface area contributed by atoms with Crippen molar-refractivity contribution in [3.8, 4) is 0 Å². The van der Waals surface area contributed by atoms with Gasteiger partial charge in [-0.15, -0.1) is 0 Å². The Kier molecular flexibility index (Phi) is 5.28. The van der Waals surface area contributed by atoms with Gasteiger partial charge in [0.2, 0.25) is 5.91 Å². The molecule has 0 saturated carbocycles. The van der Waals surface area contributed by atoms with Gasteiger partial charge in [0.05, 0.1) is 5.56 Å². The molecule has 2 aromatic rings. The van der Waals surface area contributed by atoms with Crippen LogP contribution in [0.1, 0.15) is 41.6 Å². The second kappa shape index (κ2) is 8.00. The first kappa shape index (κ1) is 18.5. The number of piperidine rings is 1. The zero-order chi connectivity index (χ0) is 19.5. The zero-order valence-electron chi connectivity index (χ0n) is 16.0. The first-order valence-corrected chi connectivity index (χ1v) is 10.0. The number of amides is 2. The summed E-state index contributed by atoms with van der Waals surface area (Å²) in [6, 6.07) is 11.9. The Morgan fingerprint density at radius 1 is 1.14 bits per heavy atom. The largest absolute Gasteiger partial charge is 0.370 e. The molecule has 2 aliphatic heterocycles. The lowest BCUT2D eigenvalue weighted by Crippen LogP contribution is -2.36. The van der Waals surface area contributed by atoms with Crippen molar-refractivity contribution in [2.75, 3.05) is 29.4 Å². The van der Waals surface area contributed by atoms with Crippen molar-refractivity contribution in [1.82, 2.24) is 4.98 Å². The second-order valence-corrected chi connectivity index (χ2v) is 7.70. The number of hydrogen-bond acceptors (Lipinski definition) is 4. The number of benzene rings is 1. The SMILES string of the molecule is NC(=O)CC[C@@H]1CCCN(c2ccc(C(=O)N3CCc4ccccc43)cn2)C1. The Balaban J connectivity index is 1.43. The highest BCUT2D eigenvalue weighted by Gasteiger charge is 2.26. The average molecular weight is 378 g/mol. The van der Waals surface area contributed by atoms with E-state index < -0.39 is 0 Å². The molecule has 0 spiro atoms. The standard InChI is InChI=1S/C22H26N4O2/c23-20(27)9-7-16-4-3-12-25(15-16)21-10-8-18(14-24-21)22(28)26-13-11-17-5-1-2-6-19(17)26/h1-2,5-6,8,10,14,16H,3-4,7,9,11-13,15H2,(H2,23,27)/t16-/m0/s1. The van der Waals surface area contributed by atoms with Gasteiger partial charge < -0.3 is 15.5 Å².